The lowest BCUT2D eigenvalue weighted by molar-refractivity contribution is -0.630. The van der Waals surface area contributed by atoms with Gasteiger partial charge < -0.3 is 5.11 Å². The predicted octanol–water partition coefficient (Wildman–Crippen LogP) is 3.69. The summed E-state index contributed by atoms with van der Waals surface area (Å²) in [6.45, 7) is 1.97. The van der Waals surface area contributed by atoms with Crippen molar-refractivity contribution in [2.75, 3.05) is 0 Å². The van der Waals surface area contributed by atoms with Crippen LogP contribution in [0.25, 0.3) is 33.7 Å². The largest absolute Gasteiger partial charge is 0.841 e. The van der Waals surface area contributed by atoms with Crippen LogP contribution in [0.3, 0.4) is 0 Å². The summed E-state index contributed by atoms with van der Waals surface area (Å²) >= 11 is 0. The quantitative estimate of drug-likeness (QED) is 0.430. The normalized spacial score (nSPS) is 11.0. The number of rotatable bonds is 3. The Hall–Kier alpha value is -4.25. The van der Waals surface area contributed by atoms with Crippen LogP contribution in [0, 0.1) is 6.92 Å². The summed E-state index contributed by atoms with van der Waals surface area (Å²) in [6.07, 6.45) is 0. The number of aryl methyl sites for hydroxylation is 1. The van der Waals surface area contributed by atoms with Crippen LogP contribution < -0.4 is 15.2 Å². The molecule has 0 aliphatic rings. The Morgan fingerprint density at radius 3 is 2.16 bits per heavy atom. The zero-order valence-corrected chi connectivity index (χ0v) is 16.9. The zero-order chi connectivity index (χ0) is 21.4. The van der Waals surface area contributed by atoms with Crippen LogP contribution in [-0.2, 0) is 0 Å². The average molecular weight is 405 g/mol. The highest BCUT2D eigenvalue weighted by Gasteiger charge is 2.23. The molecule has 0 amide bonds. The van der Waals surface area contributed by atoms with Gasteiger partial charge in [0.05, 0.1) is 5.88 Å². The number of fused-ring (bicyclic) bond motifs is 1. The monoisotopic (exact) mass is 405 g/mol. The molecule has 2 aromatic heterocycles. The first-order chi connectivity index (χ1) is 15.1. The van der Waals surface area contributed by atoms with Gasteiger partial charge in [0.15, 0.2) is 0 Å². The molecule has 0 aliphatic heterocycles. The van der Waals surface area contributed by atoms with Gasteiger partial charge in [-0.2, -0.15) is 0 Å². The Labute approximate surface area is 179 Å². The highest BCUT2D eigenvalue weighted by molar-refractivity contribution is 5.67. The summed E-state index contributed by atoms with van der Waals surface area (Å²) in [6, 6.07) is 29.9. The molecule has 5 heteroatoms. The Balaban J connectivity index is 1.90. The Morgan fingerprint density at radius 1 is 0.806 bits per heavy atom. The number of benzene rings is 3. The fraction of sp³-hybridized carbons (Fsp3) is 0.0385. The smallest absolute Gasteiger partial charge is 0.370 e. The van der Waals surface area contributed by atoms with Crippen molar-refractivity contribution in [2.45, 2.75) is 6.92 Å². The van der Waals surface area contributed by atoms with E-state index in [4.69, 9.17) is 0 Å². The summed E-state index contributed by atoms with van der Waals surface area (Å²) in [5.41, 5.74) is 3.90. The van der Waals surface area contributed by atoms with E-state index in [1.165, 1.54) is 4.52 Å². The first kappa shape index (κ1) is 18.8. The molecule has 0 saturated heterocycles. The molecule has 2 heterocycles. The van der Waals surface area contributed by atoms with Gasteiger partial charge >= 0.3 is 11.2 Å². The van der Waals surface area contributed by atoms with Gasteiger partial charge in [-0.05, 0) is 36.2 Å². The van der Waals surface area contributed by atoms with E-state index in [0.29, 0.717) is 22.6 Å². The van der Waals surface area contributed by atoms with Crippen molar-refractivity contribution >= 4 is 5.65 Å². The first-order valence-electron chi connectivity index (χ1n) is 10.0. The molecule has 0 fully saturated rings. The van der Waals surface area contributed by atoms with Crippen molar-refractivity contribution in [3.05, 3.63) is 113 Å². The van der Waals surface area contributed by atoms with Crippen molar-refractivity contribution in [1.82, 2.24) is 9.61 Å². The van der Waals surface area contributed by atoms with Gasteiger partial charge in [-0.15, -0.1) is 0 Å². The van der Waals surface area contributed by atoms with E-state index in [2.05, 4.69) is 5.10 Å². The van der Waals surface area contributed by atoms with E-state index in [9.17, 15) is 9.90 Å². The van der Waals surface area contributed by atoms with E-state index in [0.717, 1.165) is 11.1 Å². The van der Waals surface area contributed by atoms with Crippen LogP contribution >= 0.6 is 0 Å². The van der Waals surface area contributed by atoms with Gasteiger partial charge in [0, 0.05) is 11.6 Å². The zero-order valence-electron chi connectivity index (χ0n) is 16.9. The van der Waals surface area contributed by atoms with Gasteiger partial charge in [0.2, 0.25) is 0 Å². The molecule has 0 N–H and O–H groups in total. The summed E-state index contributed by atoms with van der Waals surface area (Å²) in [7, 11) is 0. The van der Waals surface area contributed by atoms with Gasteiger partial charge in [0.25, 0.3) is 0 Å². The lowest BCUT2D eigenvalue weighted by Gasteiger charge is -2.17. The van der Waals surface area contributed by atoms with Crippen molar-refractivity contribution < 1.29 is 9.67 Å². The van der Waals surface area contributed by atoms with E-state index in [1.807, 2.05) is 85.8 Å². The number of hydrogen-bond acceptors (Lipinski definition) is 3. The maximum atomic E-state index is 13.6. The molecule has 150 valence electrons. The van der Waals surface area contributed by atoms with Crippen LogP contribution in [0.15, 0.2) is 102 Å². The van der Waals surface area contributed by atoms with Crippen molar-refractivity contribution in [3.8, 4) is 34.0 Å². The Kier molecular flexibility index (Phi) is 4.56. The maximum absolute atomic E-state index is 13.6. The standard InChI is InChI=1S/C26H19N3O2/c1-18-9-8-14-21(17-18)28-23-16-15-22(19-10-4-2-5-11-19)27-29(23)26(31)24(25(28)30)20-12-6-3-7-13-20/h2-17H,1H3. The van der Waals surface area contributed by atoms with E-state index < -0.39 is 5.56 Å². The van der Waals surface area contributed by atoms with Gasteiger partial charge in [-0.1, -0.05) is 82.4 Å². The second kappa shape index (κ2) is 7.54. The lowest BCUT2D eigenvalue weighted by atomic mass is 10.1. The number of hydrogen-bond donors (Lipinski definition) is 0. The van der Waals surface area contributed by atoms with Crippen molar-refractivity contribution in [2.24, 2.45) is 0 Å². The first-order valence-corrected chi connectivity index (χ1v) is 10.0. The molecule has 5 rings (SSSR count). The molecule has 31 heavy (non-hydrogen) atoms. The lowest BCUT2D eigenvalue weighted by Crippen LogP contribution is -2.42. The van der Waals surface area contributed by atoms with Crippen molar-refractivity contribution in [3.63, 3.8) is 0 Å². The summed E-state index contributed by atoms with van der Waals surface area (Å²) in [4.78, 5) is 13.5. The molecular weight excluding hydrogens is 386 g/mol. The number of nitrogens with zero attached hydrogens (tertiary/aromatic N) is 3. The van der Waals surface area contributed by atoms with Crippen LogP contribution in [0.2, 0.25) is 0 Å². The van der Waals surface area contributed by atoms with E-state index in [1.54, 1.807) is 22.8 Å². The SMILES string of the molecule is Cc1cccc(-[n+]2c([O-])c(-c3ccccc3)c(=O)n3nc(-c4ccccc4)ccc32)c1. The van der Waals surface area contributed by atoms with Gasteiger partial charge in [-0.3, -0.25) is 0 Å². The van der Waals surface area contributed by atoms with E-state index in [-0.39, 0.29) is 11.4 Å². The average Bonchev–Trinajstić information content (AvgIpc) is 2.80. The van der Waals surface area contributed by atoms with Crippen LogP contribution in [0.4, 0.5) is 0 Å². The van der Waals surface area contributed by atoms with Crippen LogP contribution in [-0.4, -0.2) is 9.61 Å². The van der Waals surface area contributed by atoms with Gasteiger partial charge in [-0.25, -0.2) is 9.36 Å². The Bertz CT molecular complexity index is 1460. The molecule has 5 aromatic rings. The molecule has 3 aromatic carbocycles. The molecule has 0 saturated carbocycles. The van der Waals surface area contributed by atoms with Crippen LogP contribution in [0.1, 0.15) is 5.56 Å². The second-order valence-corrected chi connectivity index (χ2v) is 7.38. The minimum Gasteiger partial charge on any atom is -0.841 e. The summed E-state index contributed by atoms with van der Waals surface area (Å²) in [5.74, 6) is -0.365. The topological polar surface area (TPSA) is 61.3 Å². The fourth-order valence-electron chi connectivity index (χ4n) is 3.78. The van der Waals surface area contributed by atoms with Crippen molar-refractivity contribution in [1.29, 1.82) is 0 Å². The molecule has 0 radical (unpaired) electrons. The van der Waals surface area contributed by atoms with Crippen LogP contribution in [0.5, 0.6) is 5.88 Å². The molecule has 0 unspecified atom stereocenters. The molecule has 0 atom stereocenters. The Morgan fingerprint density at radius 2 is 1.48 bits per heavy atom. The molecular formula is C26H19N3O2. The third-order valence-corrected chi connectivity index (χ3v) is 5.26. The molecule has 0 bridgehead atoms. The van der Waals surface area contributed by atoms with Gasteiger partial charge in [0.1, 0.15) is 16.9 Å². The summed E-state index contributed by atoms with van der Waals surface area (Å²) < 4.78 is 2.88. The maximum Gasteiger partial charge on any atom is 0.370 e. The van der Waals surface area contributed by atoms with E-state index >= 15 is 0 Å². The summed E-state index contributed by atoms with van der Waals surface area (Å²) in [5, 5.41) is 18.2. The highest BCUT2D eigenvalue weighted by atomic mass is 16.3. The second-order valence-electron chi connectivity index (χ2n) is 7.38. The molecule has 0 aliphatic carbocycles. The predicted molar refractivity (Wildman–Crippen MR) is 118 cm³/mol. The fourth-order valence-corrected chi connectivity index (χ4v) is 3.78. The minimum atomic E-state index is -0.437. The third kappa shape index (κ3) is 3.26. The minimum absolute atomic E-state index is 0.0947. The molecule has 0 spiro atoms. The third-order valence-electron chi connectivity index (χ3n) is 5.26. The number of aromatic nitrogens is 3. The highest BCUT2D eigenvalue weighted by Crippen LogP contribution is 2.23. The molecule has 5 nitrogen and oxygen atoms in total.